The van der Waals surface area contributed by atoms with Gasteiger partial charge in [-0.2, -0.15) is 0 Å². The lowest BCUT2D eigenvalue weighted by atomic mass is 10.2. The first-order valence-corrected chi connectivity index (χ1v) is 4.83. The second-order valence-corrected chi connectivity index (χ2v) is 4.08. The summed E-state index contributed by atoms with van der Waals surface area (Å²) in [6, 6.07) is 0.216. The molecule has 1 saturated carbocycles. The van der Waals surface area contributed by atoms with Crippen molar-refractivity contribution in [3.63, 3.8) is 0 Å². The highest BCUT2D eigenvalue weighted by molar-refractivity contribution is 7.09. The summed E-state index contributed by atoms with van der Waals surface area (Å²) in [7, 11) is 0. The lowest BCUT2D eigenvalue weighted by Crippen LogP contribution is -2.11. The van der Waals surface area contributed by atoms with Crippen molar-refractivity contribution in [1.29, 1.82) is 0 Å². The molecular weight excluding hydrogens is 156 g/mol. The van der Waals surface area contributed by atoms with Crippen molar-refractivity contribution in [2.75, 3.05) is 0 Å². The minimum Gasteiger partial charge on any atom is -0.322 e. The van der Waals surface area contributed by atoms with E-state index in [1.807, 2.05) is 6.92 Å². The molecule has 1 aromatic rings. The molecule has 1 fully saturated rings. The molecule has 0 bridgehead atoms. The van der Waals surface area contributed by atoms with Crippen LogP contribution < -0.4 is 5.73 Å². The van der Waals surface area contributed by atoms with Gasteiger partial charge in [-0.1, -0.05) is 0 Å². The second kappa shape index (κ2) is 2.57. The minimum absolute atomic E-state index is 0.216. The predicted molar refractivity (Wildman–Crippen MR) is 46.5 cm³/mol. The Hall–Kier alpha value is -0.410. The highest BCUT2D eigenvalue weighted by atomic mass is 32.1. The molecule has 0 aromatic carbocycles. The van der Waals surface area contributed by atoms with E-state index in [2.05, 4.69) is 10.4 Å². The molecule has 2 rings (SSSR count). The summed E-state index contributed by atoms with van der Waals surface area (Å²) in [6.07, 6.45) is 2.58. The topological polar surface area (TPSA) is 38.9 Å². The van der Waals surface area contributed by atoms with Crippen LogP contribution in [0.5, 0.6) is 0 Å². The highest BCUT2D eigenvalue weighted by Gasteiger charge is 2.30. The van der Waals surface area contributed by atoms with Crippen molar-refractivity contribution in [3.8, 4) is 0 Å². The maximum Gasteiger partial charge on any atom is 0.110 e. The standard InChI is InChI=1S/C8H12N2S/c1-5-4-11-8(10-5)7(9)6-2-3-6/h4,6-7H,2-3,9H2,1H3/t7-/m1/s1. The SMILES string of the molecule is Cc1csc([C@H](N)C2CC2)n1. The van der Waals surface area contributed by atoms with Crippen molar-refractivity contribution >= 4 is 11.3 Å². The molecule has 2 nitrogen and oxygen atoms in total. The third-order valence-corrected chi connectivity index (χ3v) is 3.12. The Bertz CT molecular complexity index is 252. The lowest BCUT2D eigenvalue weighted by molar-refractivity contribution is 0.628. The van der Waals surface area contributed by atoms with Crippen molar-refractivity contribution in [2.24, 2.45) is 11.7 Å². The van der Waals surface area contributed by atoms with E-state index >= 15 is 0 Å². The van der Waals surface area contributed by atoms with Gasteiger partial charge in [0.15, 0.2) is 0 Å². The van der Waals surface area contributed by atoms with Crippen LogP contribution in [-0.4, -0.2) is 4.98 Å². The van der Waals surface area contributed by atoms with Crippen LogP contribution in [0.15, 0.2) is 5.38 Å². The van der Waals surface area contributed by atoms with Crippen molar-refractivity contribution in [1.82, 2.24) is 4.98 Å². The van der Waals surface area contributed by atoms with Crippen LogP contribution in [0.2, 0.25) is 0 Å². The molecular formula is C8H12N2S. The molecule has 1 aromatic heterocycles. The predicted octanol–water partition coefficient (Wildman–Crippen LogP) is 1.86. The summed E-state index contributed by atoms with van der Waals surface area (Å²) >= 11 is 1.69. The molecule has 0 spiro atoms. The van der Waals surface area contributed by atoms with E-state index in [0.717, 1.165) is 16.6 Å². The molecule has 0 saturated heterocycles. The minimum atomic E-state index is 0.216. The van der Waals surface area contributed by atoms with Crippen molar-refractivity contribution in [2.45, 2.75) is 25.8 Å². The van der Waals surface area contributed by atoms with E-state index in [0.29, 0.717) is 0 Å². The molecule has 1 atom stereocenters. The smallest absolute Gasteiger partial charge is 0.110 e. The fraction of sp³-hybridized carbons (Fsp3) is 0.625. The van der Waals surface area contributed by atoms with Crippen LogP contribution in [0.4, 0.5) is 0 Å². The van der Waals surface area contributed by atoms with E-state index in [9.17, 15) is 0 Å². The van der Waals surface area contributed by atoms with Gasteiger partial charge < -0.3 is 5.73 Å². The van der Waals surface area contributed by atoms with Gasteiger partial charge in [0.1, 0.15) is 5.01 Å². The van der Waals surface area contributed by atoms with Crippen LogP contribution in [0.25, 0.3) is 0 Å². The van der Waals surface area contributed by atoms with Crippen LogP contribution in [0.3, 0.4) is 0 Å². The molecule has 0 unspecified atom stereocenters. The highest BCUT2D eigenvalue weighted by Crippen LogP contribution is 2.40. The monoisotopic (exact) mass is 168 g/mol. The zero-order chi connectivity index (χ0) is 7.84. The van der Waals surface area contributed by atoms with Gasteiger partial charge in [0.2, 0.25) is 0 Å². The summed E-state index contributed by atoms with van der Waals surface area (Å²) in [5, 5.41) is 3.18. The first-order chi connectivity index (χ1) is 5.27. The summed E-state index contributed by atoms with van der Waals surface area (Å²) < 4.78 is 0. The van der Waals surface area contributed by atoms with E-state index in [-0.39, 0.29) is 6.04 Å². The number of hydrogen-bond donors (Lipinski definition) is 1. The molecule has 60 valence electrons. The Morgan fingerprint density at radius 3 is 2.91 bits per heavy atom. The fourth-order valence-corrected chi connectivity index (χ4v) is 2.07. The summed E-state index contributed by atoms with van der Waals surface area (Å²) in [4.78, 5) is 4.37. The summed E-state index contributed by atoms with van der Waals surface area (Å²) in [5.41, 5.74) is 7.06. The van der Waals surface area contributed by atoms with Crippen LogP contribution in [0, 0.1) is 12.8 Å². The number of nitrogens with two attached hydrogens (primary N) is 1. The Kier molecular flexibility index (Phi) is 1.69. The maximum atomic E-state index is 5.96. The number of thiazole rings is 1. The van der Waals surface area contributed by atoms with Crippen LogP contribution in [-0.2, 0) is 0 Å². The van der Waals surface area contributed by atoms with Gasteiger partial charge in [0, 0.05) is 11.1 Å². The quantitative estimate of drug-likeness (QED) is 0.732. The third kappa shape index (κ3) is 1.44. The number of hydrogen-bond acceptors (Lipinski definition) is 3. The van der Waals surface area contributed by atoms with Gasteiger partial charge >= 0.3 is 0 Å². The van der Waals surface area contributed by atoms with Gasteiger partial charge in [-0.15, -0.1) is 11.3 Å². The van der Waals surface area contributed by atoms with Gasteiger partial charge in [0.05, 0.1) is 6.04 Å². The Balaban J connectivity index is 2.14. The van der Waals surface area contributed by atoms with Crippen LogP contribution in [0.1, 0.15) is 29.6 Å². The van der Waals surface area contributed by atoms with Gasteiger partial charge in [-0.3, -0.25) is 0 Å². The Morgan fingerprint density at radius 2 is 2.45 bits per heavy atom. The lowest BCUT2D eigenvalue weighted by Gasteiger charge is -2.03. The second-order valence-electron chi connectivity index (χ2n) is 3.19. The number of aryl methyl sites for hydroxylation is 1. The number of rotatable bonds is 2. The molecule has 1 aliphatic carbocycles. The van der Waals surface area contributed by atoms with Crippen molar-refractivity contribution in [3.05, 3.63) is 16.1 Å². The average Bonchev–Trinajstić information content (AvgIpc) is 2.74. The first kappa shape index (κ1) is 7.25. The van der Waals surface area contributed by atoms with Crippen molar-refractivity contribution < 1.29 is 0 Å². The number of aromatic nitrogens is 1. The zero-order valence-corrected chi connectivity index (χ0v) is 7.40. The molecule has 0 amide bonds. The van der Waals surface area contributed by atoms with E-state index in [4.69, 9.17) is 5.73 Å². The molecule has 2 N–H and O–H groups in total. The maximum absolute atomic E-state index is 5.96. The summed E-state index contributed by atoms with van der Waals surface area (Å²) in [6.45, 7) is 2.01. The number of nitrogens with zero attached hydrogens (tertiary/aromatic N) is 1. The van der Waals surface area contributed by atoms with E-state index in [1.165, 1.54) is 12.8 Å². The molecule has 1 heterocycles. The Morgan fingerprint density at radius 1 is 1.73 bits per heavy atom. The normalized spacial score (nSPS) is 20.2. The average molecular weight is 168 g/mol. The Labute approximate surface area is 70.5 Å². The van der Waals surface area contributed by atoms with Gasteiger partial charge in [0.25, 0.3) is 0 Å². The first-order valence-electron chi connectivity index (χ1n) is 3.95. The van der Waals surface area contributed by atoms with Crippen LogP contribution >= 0.6 is 11.3 Å². The van der Waals surface area contributed by atoms with Gasteiger partial charge in [-0.25, -0.2) is 4.98 Å². The fourth-order valence-electron chi connectivity index (χ4n) is 1.18. The summed E-state index contributed by atoms with van der Waals surface area (Å²) in [5.74, 6) is 0.723. The molecule has 3 heteroatoms. The zero-order valence-electron chi connectivity index (χ0n) is 6.58. The molecule has 11 heavy (non-hydrogen) atoms. The molecule has 1 aliphatic rings. The van der Waals surface area contributed by atoms with Gasteiger partial charge in [-0.05, 0) is 25.7 Å². The molecule has 0 aliphatic heterocycles. The largest absolute Gasteiger partial charge is 0.322 e. The molecule has 0 radical (unpaired) electrons. The third-order valence-electron chi connectivity index (χ3n) is 2.05. The van der Waals surface area contributed by atoms with E-state index in [1.54, 1.807) is 11.3 Å². The van der Waals surface area contributed by atoms with E-state index < -0.39 is 0 Å².